The van der Waals surface area contributed by atoms with Crippen LogP contribution in [0.25, 0.3) is 0 Å². The fourth-order valence-electron chi connectivity index (χ4n) is 1.88. The Balaban J connectivity index is 1.97. The van der Waals surface area contributed by atoms with Crippen molar-refractivity contribution in [2.24, 2.45) is 0 Å². The van der Waals surface area contributed by atoms with E-state index >= 15 is 0 Å². The first-order valence-corrected chi connectivity index (χ1v) is 8.45. The quantitative estimate of drug-likeness (QED) is 0.493. The molecule has 4 heteroatoms. The van der Waals surface area contributed by atoms with Gasteiger partial charge in [0.25, 0.3) is 0 Å². The molecule has 100 valence electrons. The van der Waals surface area contributed by atoms with Crippen LogP contribution in [0.3, 0.4) is 0 Å². The SMILES string of the molecule is CCCCCCCCOP(C)C1=CC(O)CN1. The normalized spacial score (nSPS) is 21.1. The summed E-state index contributed by atoms with van der Waals surface area (Å²) in [7, 11) is -0.546. The first-order chi connectivity index (χ1) is 8.24. The van der Waals surface area contributed by atoms with Gasteiger partial charge in [0.1, 0.15) is 0 Å². The van der Waals surface area contributed by atoms with Crippen LogP contribution in [0, 0.1) is 0 Å². The summed E-state index contributed by atoms with van der Waals surface area (Å²) in [6, 6.07) is 0. The summed E-state index contributed by atoms with van der Waals surface area (Å²) in [6.45, 7) is 5.83. The van der Waals surface area contributed by atoms with Gasteiger partial charge in [-0.2, -0.15) is 0 Å². The minimum atomic E-state index is -0.546. The Morgan fingerprint density at radius 2 is 2.06 bits per heavy atom. The minimum absolute atomic E-state index is 0.326. The molecule has 1 rings (SSSR count). The molecule has 0 spiro atoms. The molecule has 2 unspecified atom stereocenters. The lowest BCUT2D eigenvalue weighted by Crippen LogP contribution is -2.14. The molecule has 1 heterocycles. The minimum Gasteiger partial charge on any atom is -0.387 e. The molecule has 0 aliphatic carbocycles. The Morgan fingerprint density at radius 1 is 1.35 bits per heavy atom. The third kappa shape index (κ3) is 6.40. The predicted molar refractivity (Wildman–Crippen MR) is 74.3 cm³/mol. The van der Waals surface area contributed by atoms with E-state index in [9.17, 15) is 5.11 Å². The summed E-state index contributed by atoms with van der Waals surface area (Å²) < 4.78 is 5.80. The van der Waals surface area contributed by atoms with Gasteiger partial charge in [0.05, 0.1) is 26.3 Å². The number of aliphatic hydroxyl groups is 1. The van der Waals surface area contributed by atoms with E-state index in [2.05, 4.69) is 18.9 Å². The van der Waals surface area contributed by atoms with E-state index in [1.165, 1.54) is 32.1 Å². The Bertz CT molecular complexity index is 233. The van der Waals surface area contributed by atoms with Crippen molar-refractivity contribution in [3.63, 3.8) is 0 Å². The molecule has 0 aromatic rings. The zero-order valence-electron chi connectivity index (χ0n) is 11.1. The van der Waals surface area contributed by atoms with Crippen molar-refractivity contribution in [1.29, 1.82) is 0 Å². The van der Waals surface area contributed by atoms with Crippen molar-refractivity contribution in [2.75, 3.05) is 19.8 Å². The first kappa shape index (κ1) is 14.9. The summed E-state index contributed by atoms with van der Waals surface area (Å²) in [5, 5.41) is 12.5. The zero-order valence-corrected chi connectivity index (χ0v) is 12.0. The Hall–Kier alpha value is -0.110. The van der Waals surface area contributed by atoms with E-state index in [-0.39, 0.29) is 6.10 Å². The molecule has 17 heavy (non-hydrogen) atoms. The molecule has 0 bridgehead atoms. The lowest BCUT2D eigenvalue weighted by atomic mass is 10.1. The van der Waals surface area contributed by atoms with E-state index < -0.39 is 8.15 Å². The summed E-state index contributed by atoms with van der Waals surface area (Å²) in [4.78, 5) is 0. The van der Waals surface area contributed by atoms with Gasteiger partial charge in [-0.3, -0.25) is 0 Å². The fraction of sp³-hybridized carbons (Fsp3) is 0.846. The van der Waals surface area contributed by atoms with Crippen LogP contribution in [0.5, 0.6) is 0 Å². The molecule has 0 saturated carbocycles. The molecule has 0 radical (unpaired) electrons. The van der Waals surface area contributed by atoms with Crippen molar-refractivity contribution in [1.82, 2.24) is 5.32 Å². The second-order valence-corrected chi connectivity index (χ2v) is 6.33. The second-order valence-electron chi connectivity index (χ2n) is 4.60. The van der Waals surface area contributed by atoms with Crippen molar-refractivity contribution in [2.45, 2.75) is 51.6 Å². The molecule has 0 aromatic carbocycles. The van der Waals surface area contributed by atoms with Gasteiger partial charge in [-0.1, -0.05) is 39.0 Å². The standard InChI is InChI=1S/C13H26NO2P/c1-3-4-5-6-7-8-9-16-17(2)13-10-12(15)11-14-13/h10,12,14-15H,3-9,11H2,1-2H3. The summed E-state index contributed by atoms with van der Waals surface area (Å²) in [5.41, 5.74) is 1.10. The molecule has 2 atom stereocenters. The highest BCUT2D eigenvalue weighted by atomic mass is 31.1. The summed E-state index contributed by atoms with van der Waals surface area (Å²) in [6.07, 6.45) is 9.34. The lowest BCUT2D eigenvalue weighted by molar-refractivity contribution is 0.234. The van der Waals surface area contributed by atoms with E-state index in [1.807, 2.05) is 6.08 Å². The van der Waals surface area contributed by atoms with Gasteiger partial charge >= 0.3 is 0 Å². The highest BCUT2D eigenvalue weighted by molar-refractivity contribution is 7.56. The van der Waals surface area contributed by atoms with Crippen LogP contribution in [0.4, 0.5) is 0 Å². The molecule has 0 saturated heterocycles. The molecule has 3 nitrogen and oxygen atoms in total. The van der Waals surface area contributed by atoms with E-state index in [1.54, 1.807) is 0 Å². The van der Waals surface area contributed by atoms with Crippen molar-refractivity contribution < 1.29 is 9.63 Å². The Morgan fingerprint density at radius 3 is 2.71 bits per heavy atom. The third-order valence-electron chi connectivity index (χ3n) is 2.96. The number of β-amino-alcohol motifs (C(OH)–C–C–N with tert-alkyl or cyclic N) is 1. The van der Waals surface area contributed by atoms with Crippen molar-refractivity contribution >= 4 is 8.15 Å². The van der Waals surface area contributed by atoms with Crippen LogP contribution >= 0.6 is 8.15 Å². The first-order valence-electron chi connectivity index (χ1n) is 6.74. The maximum absolute atomic E-state index is 9.36. The van der Waals surface area contributed by atoms with Gasteiger partial charge in [0, 0.05) is 6.54 Å². The topological polar surface area (TPSA) is 41.5 Å². The molecule has 0 amide bonds. The molecular formula is C13H26NO2P. The molecule has 1 aliphatic rings. The lowest BCUT2D eigenvalue weighted by Gasteiger charge is -2.14. The van der Waals surface area contributed by atoms with Gasteiger partial charge in [-0.15, -0.1) is 0 Å². The number of rotatable bonds is 9. The number of hydrogen-bond acceptors (Lipinski definition) is 3. The van der Waals surface area contributed by atoms with Gasteiger partial charge < -0.3 is 14.9 Å². The number of nitrogens with one attached hydrogen (secondary N) is 1. The molecule has 0 aromatic heterocycles. The van der Waals surface area contributed by atoms with Crippen LogP contribution in [-0.2, 0) is 4.52 Å². The van der Waals surface area contributed by atoms with Crippen LogP contribution in [-0.4, -0.2) is 31.0 Å². The smallest absolute Gasteiger partial charge is 0.0917 e. The van der Waals surface area contributed by atoms with Crippen LogP contribution in [0.1, 0.15) is 45.4 Å². The van der Waals surface area contributed by atoms with Crippen LogP contribution in [0.15, 0.2) is 11.5 Å². The maximum Gasteiger partial charge on any atom is 0.0917 e. The maximum atomic E-state index is 9.36. The number of aliphatic hydroxyl groups excluding tert-OH is 1. The van der Waals surface area contributed by atoms with E-state index in [0.29, 0.717) is 6.54 Å². The largest absolute Gasteiger partial charge is 0.387 e. The average Bonchev–Trinajstić information content (AvgIpc) is 2.74. The average molecular weight is 259 g/mol. The second kappa shape index (κ2) is 8.91. The van der Waals surface area contributed by atoms with E-state index in [4.69, 9.17) is 4.52 Å². The van der Waals surface area contributed by atoms with E-state index in [0.717, 1.165) is 18.5 Å². The molecular weight excluding hydrogens is 233 g/mol. The molecule has 0 fully saturated rings. The number of hydrogen-bond donors (Lipinski definition) is 2. The zero-order chi connectivity index (χ0) is 12.5. The Labute approximate surface area is 106 Å². The highest BCUT2D eigenvalue weighted by Gasteiger charge is 2.17. The van der Waals surface area contributed by atoms with Crippen molar-refractivity contribution in [3.8, 4) is 0 Å². The fourth-order valence-corrected chi connectivity index (χ4v) is 3.12. The molecule has 2 N–H and O–H groups in total. The van der Waals surface area contributed by atoms with Gasteiger partial charge in [0.2, 0.25) is 0 Å². The van der Waals surface area contributed by atoms with Gasteiger partial charge in [-0.25, -0.2) is 0 Å². The monoisotopic (exact) mass is 259 g/mol. The van der Waals surface area contributed by atoms with Gasteiger partial charge in [-0.05, 0) is 19.2 Å². The van der Waals surface area contributed by atoms with Crippen molar-refractivity contribution in [3.05, 3.63) is 11.5 Å². The number of unbranched alkanes of at least 4 members (excludes halogenated alkanes) is 5. The third-order valence-corrected chi connectivity index (χ3v) is 4.52. The van der Waals surface area contributed by atoms with Crippen LogP contribution < -0.4 is 5.32 Å². The predicted octanol–water partition coefficient (Wildman–Crippen LogP) is 3.20. The Kier molecular flexibility index (Phi) is 7.83. The highest BCUT2D eigenvalue weighted by Crippen LogP contribution is 2.41. The van der Waals surface area contributed by atoms with Gasteiger partial charge in [0.15, 0.2) is 0 Å². The summed E-state index contributed by atoms with van der Waals surface area (Å²) >= 11 is 0. The molecule has 1 aliphatic heterocycles. The summed E-state index contributed by atoms with van der Waals surface area (Å²) in [5.74, 6) is 0. The van der Waals surface area contributed by atoms with Crippen LogP contribution in [0.2, 0.25) is 0 Å².